The van der Waals surface area contributed by atoms with E-state index in [1.165, 1.54) is 7.11 Å². The van der Waals surface area contributed by atoms with Crippen molar-refractivity contribution in [1.82, 2.24) is 4.98 Å². The third kappa shape index (κ3) is 2.33. The predicted octanol–water partition coefficient (Wildman–Crippen LogP) is 1.51. The van der Waals surface area contributed by atoms with E-state index in [0.717, 1.165) is 5.56 Å². The number of ether oxygens (including phenoxy) is 1. The summed E-state index contributed by atoms with van der Waals surface area (Å²) >= 11 is 5.98. The molecule has 1 unspecified atom stereocenters. The van der Waals surface area contributed by atoms with Gasteiger partial charge in [-0.15, -0.1) is 0 Å². The van der Waals surface area contributed by atoms with Gasteiger partial charge in [0.2, 0.25) is 0 Å². The highest BCUT2D eigenvalue weighted by Gasteiger charge is 2.36. The molecule has 0 saturated heterocycles. The Morgan fingerprint density at radius 3 is 2.75 bits per heavy atom. The fourth-order valence-corrected chi connectivity index (χ4v) is 1.82. The van der Waals surface area contributed by atoms with Crippen LogP contribution < -0.4 is 5.73 Å². The molecule has 1 heterocycles. The van der Waals surface area contributed by atoms with E-state index in [2.05, 4.69) is 9.72 Å². The van der Waals surface area contributed by atoms with Crippen LogP contribution in [-0.2, 0) is 14.9 Å². The summed E-state index contributed by atoms with van der Waals surface area (Å²) in [5.74, 6) is -0.468. The standard InChI is InChI=1S/C11H15ClN2O2/c1-11(2,8(13)10(15)16-3)7-5-4-6-14-9(7)12/h4-6,8H,13H2,1-3H3. The predicted molar refractivity (Wildman–Crippen MR) is 62.3 cm³/mol. The van der Waals surface area contributed by atoms with Crippen molar-refractivity contribution in [1.29, 1.82) is 0 Å². The molecule has 0 aromatic carbocycles. The fourth-order valence-electron chi connectivity index (χ4n) is 1.46. The minimum Gasteiger partial charge on any atom is -0.468 e. The number of aromatic nitrogens is 1. The van der Waals surface area contributed by atoms with Crippen molar-refractivity contribution in [2.45, 2.75) is 25.3 Å². The molecule has 0 aliphatic heterocycles. The van der Waals surface area contributed by atoms with Gasteiger partial charge in [-0.05, 0) is 11.6 Å². The molecule has 16 heavy (non-hydrogen) atoms. The normalized spacial score (nSPS) is 13.3. The van der Waals surface area contributed by atoms with Gasteiger partial charge in [0.1, 0.15) is 11.2 Å². The first-order valence-corrected chi connectivity index (χ1v) is 5.23. The van der Waals surface area contributed by atoms with Crippen LogP contribution in [0.2, 0.25) is 5.15 Å². The molecule has 0 aliphatic carbocycles. The van der Waals surface area contributed by atoms with Gasteiger partial charge in [-0.1, -0.05) is 31.5 Å². The van der Waals surface area contributed by atoms with E-state index < -0.39 is 17.4 Å². The average molecular weight is 243 g/mol. The van der Waals surface area contributed by atoms with Gasteiger partial charge in [-0.25, -0.2) is 4.98 Å². The monoisotopic (exact) mass is 242 g/mol. The molecule has 0 fully saturated rings. The van der Waals surface area contributed by atoms with Crippen LogP contribution in [0.3, 0.4) is 0 Å². The number of hydrogen-bond donors (Lipinski definition) is 1. The molecule has 5 heteroatoms. The van der Waals surface area contributed by atoms with E-state index in [0.29, 0.717) is 5.15 Å². The lowest BCUT2D eigenvalue weighted by Gasteiger charge is -2.30. The van der Waals surface area contributed by atoms with E-state index in [1.54, 1.807) is 18.3 Å². The molecule has 1 aromatic rings. The lowest BCUT2D eigenvalue weighted by Crippen LogP contribution is -2.47. The van der Waals surface area contributed by atoms with Crippen molar-refractivity contribution in [3.63, 3.8) is 0 Å². The second-order valence-corrected chi connectivity index (χ2v) is 4.42. The first-order chi connectivity index (χ1) is 7.41. The van der Waals surface area contributed by atoms with Crippen LogP contribution in [0, 0.1) is 0 Å². The molecular formula is C11H15ClN2O2. The summed E-state index contributed by atoms with van der Waals surface area (Å²) in [5, 5.41) is 0.354. The summed E-state index contributed by atoms with van der Waals surface area (Å²) in [7, 11) is 1.31. The molecule has 0 spiro atoms. The number of carbonyl (C=O) groups excluding carboxylic acids is 1. The van der Waals surface area contributed by atoms with Crippen LogP contribution in [0.25, 0.3) is 0 Å². The second-order valence-electron chi connectivity index (χ2n) is 4.06. The van der Waals surface area contributed by atoms with Crippen molar-refractivity contribution in [2.24, 2.45) is 5.73 Å². The maximum Gasteiger partial charge on any atom is 0.323 e. The third-order valence-electron chi connectivity index (χ3n) is 2.69. The highest BCUT2D eigenvalue weighted by molar-refractivity contribution is 6.30. The largest absolute Gasteiger partial charge is 0.468 e. The summed E-state index contributed by atoms with van der Waals surface area (Å²) in [5.41, 5.74) is 5.95. The zero-order chi connectivity index (χ0) is 12.3. The Labute approximate surface area is 99.8 Å². The Hall–Kier alpha value is -1.13. The summed E-state index contributed by atoms with van der Waals surface area (Å²) < 4.78 is 4.63. The number of rotatable bonds is 3. The van der Waals surface area contributed by atoms with Crippen LogP contribution in [0.5, 0.6) is 0 Å². The minimum absolute atomic E-state index is 0.354. The van der Waals surface area contributed by atoms with Crippen LogP contribution in [0.1, 0.15) is 19.4 Å². The Morgan fingerprint density at radius 2 is 2.25 bits per heavy atom. The highest BCUT2D eigenvalue weighted by atomic mass is 35.5. The molecule has 1 atom stereocenters. The number of hydrogen-bond acceptors (Lipinski definition) is 4. The van der Waals surface area contributed by atoms with Gasteiger partial charge in [0.25, 0.3) is 0 Å². The van der Waals surface area contributed by atoms with Crippen LogP contribution in [-0.4, -0.2) is 24.1 Å². The number of pyridine rings is 1. The number of halogens is 1. The van der Waals surface area contributed by atoms with E-state index in [1.807, 2.05) is 13.8 Å². The number of esters is 1. The van der Waals surface area contributed by atoms with Gasteiger partial charge < -0.3 is 10.5 Å². The first kappa shape index (κ1) is 12.9. The number of methoxy groups -OCH3 is 1. The first-order valence-electron chi connectivity index (χ1n) is 4.85. The molecular weight excluding hydrogens is 228 g/mol. The summed E-state index contributed by atoms with van der Waals surface area (Å²) in [6, 6.07) is 2.78. The number of carbonyl (C=O) groups is 1. The second kappa shape index (κ2) is 4.80. The average Bonchev–Trinajstić information content (AvgIpc) is 2.27. The smallest absolute Gasteiger partial charge is 0.323 e. The van der Waals surface area contributed by atoms with Crippen LogP contribution >= 0.6 is 11.6 Å². The van der Waals surface area contributed by atoms with Crippen LogP contribution in [0.4, 0.5) is 0 Å². The van der Waals surface area contributed by atoms with Crippen LogP contribution in [0.15, 0.2) is 18.3 Å². The summed E-state index contributed by atoms with van der Waals surface area (Å²) in [6.07, 6.45) is 1.59. The molecule has 1 rings (SSSR count). The molecule has 0 saturated carbocycles. The SMILES string of the molecule is COC(=O)C(N)C(C)(C)c1cccnc1Cl. The van der Waals surface area contributed by atoms with E-state index in [9.17, 15) is 4.79 Å². The van der Waals surface area contributed by atoms with Gasteiger partial charge in [-0.3, -0.25) is 4.79 Å². The zero-order valence-electron chi connectivity index (χ0n) is 9.53. The molecule has 2 N–H and O–H groups in total. The van der Waals surface area contributed by atoms with Gasteiger partial charge in [-0.2, -0.15) is 0 Å². The molecule has 0 aliphatic rings. The van der Waals surface area contributed by atoms with Gasteiger partial charge in [0, 0.05) is 11.6 Å². The molecule has 88 valence electrons. The van der Waals surface area contributed by atoms with Crippen molar-refractivity contribution in [2.75, 3.05) is 7.11 Å². The number of nitrogens with two attached hydrogens (primary N) is 1. The van der Waals surface area contributed by atoms with Gasteiger partial charge in [0.05, 0.1) is 7.11 Å². The maximum atomic E-state index is 11.4. The van der Waals surface area contributed by atoms with Gasteiger partial charge in [0.15, 0.2) is 0 Å². The summed E-state index contributed by atoms with van der Waals surface area (Å²) in [6.45, 7) is 3.66. The lowest BCUT2D eigenvalue weighted by atomic mass is 9.79. The van der Waals surface area contributed by atoms with E-state index >= 15 is 0 Å². The Balaban J connectivity index is 3.11. The zero-order valence-corrected chi connectivity index (χ0v) is 10.3. The van der Waals surface area contributed by atoms with Crippen molar-refractivity contribution in [3.8, 4) is 0 Å². The summed E-state index contributed by atoms with van der Waals surface area (Å²) in [4.78, 5) is 15.4. The van der Waals surface area contributed by atoms with Crippen molar-refractivity contribution >= 4 is 17.6 Å². The number of nitrogens with zero attached hydrogens (tertiary/aromatic N) is 1. The molecule has 4 nitrogen and oxygen atoms in total. The molecule has 0 bridgehead atoms. The van der Waals surface area contributed by atoms with Gasteiger partial charge >= 0.3 is 5.97 Å². The molecule has 0 radical (unpaired) electrons. The van der Waals surface area contributed by atoms with Crippen molar-refractivity contribution < 1.29 is 9.53 Å². The topological polar surface area (TPSA) is 65.2 Å². The lowest BCUT2D eigenvalue weighted by molar-refractivity contribution is -0.143. The highest BCUT2D eigenvalue weighted by Crippen LogP contribution is 2.30. The van der Waals surface area contributed by atoms with E-state index in [4.69, 9.17) is 17.3 Å². The molecule has 0 amide bonds. The minimum atomic E-state index is -0.779. The third-order valence-corrected chi connectivity index (χ3v) is 2.99. The Kier molecular flexibility index (Phi) is 3.88. The Morgan fingerprint density at radius 1 is 1.62 bits per heavy atom. The van der Waals surface area contributed by atoms with Crippen molar-refractivity contribution in [3.05, 3.63) is 29.0 Å². The van der Waals surface area contributed by atoms with E-state index in [-0.39, 0.29) is 0 Å². The Bertz CT molecular complexity index is 393. The maximum absolute atomic E-state index is 11.4. The fraction of sp³-hybridized carbons (Fsp3) is 0.455. The molecule has 1 aromatic heterocycles. The quantitative estimate of drug-likeness (QED) is 0.645.